The van der Waals surface area contributed by atoms with Crippen LogP contribution in [0.5, 0.6) is 0 Å². The number of carbonyl (C=O) groups excluding carboxylic acids is 1. The van der Waals surface area contributed by atoms with E-state index in [-0.39, 0.29) is 17.9 Å². The molecule has 1 N–H and O–H groups in total. The molecule has 4 aromatic heterocycles. The number of aromatic nitrogens is 7. The maximum absolute atomic E-state index is 12.9. The van der Waals surface area contributed by atoms with Crippen LogP contribution in [0.15, 0.2) is 37.1 Å². The van der Waals surface area contributed by atoms with Gasteiger partial charge in [-0.2, -0.15) is 10.1 Å². The van der Waals surface area contributed by atoms with Crippen molar-refractivity contribution in [2.24, 2.45) is 0 Å². The SMILES string of the molecule is CC[C@H](NC(=O)c1cc(C(C)C)n2ncnc2n1)c1cn2cccnc2n1. The Morgan fingerprint density at radius 3 is 2.81 bits per heavy atom. The summed E-state index contributed by atoms with van der Waals surface area (Å²) in [5.74, 6) is 0.927. The van der Waals surface area contributed by atoms with Crippen LogP contribution in [-0.4, -0.2) is 39.9 Å². The summed E-state index contributed by atoms with van der Waals surface area (Å²) in [4.78, 5) is 30.1. The number of fused-ring (bicyclic) bond motifs is 2. The number of hydrogen-bond acceptors (Lipinski definition) is 6. The first-order chi connectivity index (χ1) is 13.1. The van der Waals surface area contributed by atoms with E-state index in [4.69, 9.17) is 0 Å². The maximum Gasteiger partial charge on any atom is 0.270 e. The van der Waals surface area contributed by atoms with Gasteiger partial charge in [0.2, 0.25) is 5.78 Å². The Bertz CT molecular complexity index is 1080. The molecule has 0 saturated heterocycles. The Kier molecular flexibility index (Phi) is 4.27. The first-order valence-corrected chi connectivity index (χ1v) is 8.88. The second kappa shape index (κ2) is 6.75. The first-order valence-electron chi connectivity index (χ1n) is 8.88. The summed E-state index contributed by atoms with van der Waals surface area (Å²) in [5, 5.41) is 7.20. The highest BCUT2D eigenvalue weighted by atomic mass is 16.2. The molecular formula is C18H20N8O. The molecule has 138 valence electrons. The predicted octanol–water partition coefficient (Wildman–Crippen LogP) is 2.17. The van der Waals surface area contributed by atoms with Crippen molar-refractivity contribution in [1.29, 1.82) is 0 Å². The van der Waals surface area contributed by atoms with Crippen molar-refractivity contribution in [1.82, 2.24) is 39.3 Å². The van der Waals surface area contributed by atoms with E-state index >= 15 is 0 Å². The van der Waals surface area contributed by atoms with Gasteiger partial charge in [0.1, 0.15) is 12.0 Å². The lowest BCUT2D eigenvalue weighted by Crippen LogP contribution is -2.29. The number of nitrogens with zero attached hydrogens (tertiary/aromatic N) is 7. The Morgan fingerprint density at radius 1 is 1.22 bits per heavy atom. The molecule has 0 fully saturated rings. The van der Waals surface area contributed by atoms with Gasteiger partial charge in [0, 0.05) is 18.6 Å². The standard InChI is InChI=1S/C18H20N8O/c1-4-12(14-9-25-7-5-6-19-17(25)24-14)22-16(27)13-8-15(11(2)3)26-18(23-13)20-10-21-26/h5-12H,4H2,1-3H3,(H,22,27)/t12-/m0/s1. The van der Waals surface area contributed by atoms with E-state index in [9.17, 15) is 4.79 Å². The Morgan fingerprint density at radius 2 is 2.07 bits per heavy atom. The highest BCUT2D eigenvalue weighted by molar-refractivity contribution is 5.93. The smallest absolute Gasteiger partial charge is 0.270 e. The van der Waals surface area contributed by atoms with E-state index in [2.05, 4.69) is 30.4 Å². The van der Waals surface area contributed by atoms with Gasteiger partial charge in [0.25, 0.3) is 11.7 Å². The lowest BCUT2D eigenvalue weighted by atomic mass is 10.1. The van der Waals surface area contributed by atoms with Crippen LogP contribution in [-0.2, 0) is 0 Å². The van der Waals surface area contributed by atoms with Crippen molar-refractivity contribution in [2.45, 2.75) is 39.2 Å². The summed E-state index contributed by atoms with van der Waals surface area (Å²) < 4.78 is 3.49. The van der Waals surface area contributed by atoms with Crippen LogP contribution < -0.4 is 5.32 Å². The summed E-state index contributed by atoms with van der Waals surface area (Å²) in [5.41, 5.74) is 1.96. The second-order valence-corrected chi connectivity index (χ2v) is 6.62. The van der Waals surface area contributed by atoms with Crippen LogP contribution in [0.25, 0.3) is 11.6 Å². The molecule has 0 saturated carbocycles. The molecule has 0 unspecified atom stereocenters. The zero-order valence-electron chi connectivity index (χ0n) is 15.4. The molecule has 0 spiro atoms. The number of amides is 1. The van der Waals surface area contributed by atoms with Crippen LogP contribution in [0.1, 0.15) is 61.0 Å². The minimum absolute atomic E-state index is 0.176. The zero-order valence-corrected chi connectivity index (χ0v) is 15.4. The van der Waals surface area contributed by atoms with Crippen LogP contribution >= 0.6 is 0 Å². The normalized spacial score (nSPS) is 12.7. The molecule has 9 heteroatoms. The molecule has 4 aromatic rings. The molecule has 0 aliphatic heterocycles. The van der Waals surface area contributed by atoms with Gasteiger partial charge in [-0.1, -0.05) is 20.8 Å². The van der Waals surface area contributed by atoms with E-state index in [0.29, 0.717) is 23.7 Å². The molecule has 0 bridgehead atoms. The maximum atomic E-state index is 12.9. The monoisotopic (exact) mass is 364 g/mol. The quantitative estimate of drug-likeness (QED) is 0.582. The van der Waals surface area contributed by atoms with Crippen LogP contribution in [0.4, 0.5) is 0 Å². The largest absolute Gasteiger partial charge is 0.342 e. The summed E-state index contributed by atoms with van der Waals surface area (Å²) in [6, 6.07) is 3.36. The Labute approximate surface area is 155 Å². The van der Waals surface area contributed by atoms with Crippen molar-refractivity contribution in [3.8, 4) is 0 Å². The molecule has 0 aromatic carbocycles. The summed E-state index contributed by atoms with van der Waals surface area (Å²) >= 11 is 0. The van der Waals surface area contributed by atoms with E-state index in [1.54, 1.807) is 16.8 Å². The van der Waals surface area contributed by atoms with Gasteiger partial charge < -0.3 is 5.32 Å². The third-order valence-corrected chi connectivity index (χ3v) is 4.43. The first kappa shape index (κ1) is 17.1. The molecule has 0 radical (unpaired) electrons. The van der Waals surface area contributed by atoms with Crippen molar-refractivity contribution in [3.63, 3.8) is 0 Å². The van der Waals surface area contributed by atoms with Crippen LogP contribution in [0.3, 0.4) is 0 Å². The Hall–Kier alpha value is -3.36. The molecule has 1 amide bonds. The van der Waals surface area contributed by atoms with Gasteiger partial charge in [0.05, 0.1) is 17.4 Å². The number of nitrogens with one attached hydrogen (secondary N) is 1. The van der Waals surface area contributed by atoms with Crippen molar-refractivity contribution in [2.75, 3.05) is 0 Å². The summed E-state index contributed by atoms with van der Waals surface area (Å²) in [6.07, 6.45) is 7.58. The molecular weight excluding hydrogens is 344 g/mol. The highest BCUT2D eigenvalue weighted by Crippen LogP contribution is 2.19. The average molecular weight is 364 g/mol. The van der Waals surface area contributed by atoms with Gasteiger partial charge in [-0.25, -0.2) is 19.5 Å². The van der Waals surface area contributed by atoms with Crippen LogP contribution in [0.2, 0.25) is 0 Å². The van der Waals surface area contributed by atoms with E-state index < -0.39 is 0 Å². The van der Waals surface area contributed by atoms with Crippen molar-refractivity contribution in [3.05, 3.63) is 54.1 Å². The number of carbonyl (C=O) groups is 1. The molecule has 0 aliphatic carbocycles. The van der Waals surface area contributed by atoms with Gasteiger partial charge in [-0.3, -0.25) is 9.20 Å². The minimum atomic E-state index is -0.265. The molecule has 4 rings (SSSR count). The topological polar surface area (TPSA) is 102 Å². The fraction of sp³-hybridized carbons (Fsp3) is 0.333. The summed E-state index contributed by atoms with van der Waals surface area (Å²) in [6.45, 7) is 6.07. The van der Waals surface area contributed by atoms with Crippen LogP contribution in [0, 0.1) is 0 Å². The predicted molar refractivity (Wildman–Crippen MR) is 98.4 cm³/mol. The highest BCUT2D eigenvalue weighted by Gasteiger charge is 2.20. The number of imidazole rings is 1. The molecule has 0 aliphatic rings. The second-order valence-electron chi connectivity index (χ2n) is 6.62. The van der Waals surface area contributed by atoms with Gasteiger partial charge in [0.15, 0.2) is 0 Å². The van der Waals surface area contributed by atoms with Gasteiger partial charge >= 0.3 is 0 Å². The van der Waals surface area contributed by atoms with Crippen molar-refractivity contribution < 1.29 is 4.79 Å². The zero-order chi connectivity index (χ0) is 19.0. The lowest BCUT2D eigenvalue weighted by Gasteiger charge is -2.15. The fourth-order valence-corrected chi connectivity index (χ4v) is 3.00. The van der Waals surface area contributed by atoms with Gasteiger partial charge in [-0.05, 0) is 24.5 Å². The summed E-state index contributed by atoms with van der Waals surface area (Å²) in [7, 11) is 0. The van der Waals surface area contributed by atoms with E-state index in [0.717, 1.165) is 11.4 Å². The third-order valence-electron chi connectivity index (χ3n) is 4.43. The van der Waals surface area contributed by atoms with Gasteiger partial charge in [-0.15, -0.1) is 0 Å². The molecule has 4 heterocycles. The molecule has 9 nitrogen and oxygen atoms in total. The van der Waals surface area contributed by atoms with E-state index in [1.807, 2.05) is 43.6 Å². The number of rotatable bonds is 5. The third kappa shape index (κ3) is 3.12. The minimum Gasteiger partial charge on any atom is -0.342 e. The lowest BCUT2D eigenvalue weighted by molar-refractivity contribution is 0.0929. The van der Waals surface area contributed by atoms with Crippen molar-refractivity contribution >= 4 is 17.5 Å². The molecule has 27 heavy (non-hydrogen) atoms. The van der Waals surface area contributed by atoms with E-state index in [1.165, 1.54) is 6.33 Å². The Balaban J connectivity index is 1.64. The molecule has 1 atom stereocenters. The fourth-order valence-electron chi connectivity index (χ4n) is 3.00. The number of hydrogen-bond donors (Lipinski definition) is 1. The average Bonchev–Trinajstić information content (AvgIpc) is 3.31.